The summed E-state index contributed by atoms with van der Waals surface area (Å²) in [5, 5.41) is 2.06. The second-order valence-electron chi connectivity index (χ2n) is 10.2. The molecule has 0 bridgehead atoms. The molecule has 1 aliphatic carbocycles. The molecule has 2 aromatic heterocycles. The average Bonchev–Trinajstić information content (AvgIpc) is 3.56. The van der Waals surface area contributed by atoms with Crippen molar-refractivity contribution < 1.29 is 14.3 Å². The minimum absolute atomic E-state index is 0.00929. The molecule has 0 radical (unpaired) electrons. The Kier molecular flexibility index (Phi) is 5.85. The molecule has 186 valence electrons. The molecule has 1 amide bonds. The number of carbonyl (C=O) groups excluding carboxylic acids is 1. The largest absolute Gasteiger partial charge is 0.496 e. The number of aromatic nitrogens is 2. The lowest BCUT2D eigenvalue weighted by Crippen LogP contribution is -2.55. The Balaban J connectivity index is 1.54. The summed E-state index contributed by atoms with van der Waals surface area (Å²) in [5.74, 6) is 1.71. The summed E-state index contributed by atoms with van der Waals surface area (Å²) in [6.45, 7) is 5.78. The molecule has 6 rings (SSSR count). The van der Waals surface area contributed by atoms with Gasteiger partial charge in [-0.25, -0.2) is 4.98 Å². The molecule has 1 aromatic carbocycles. The van der Waals surface area contributed by atoms with E-state index in [2.05, 4.69) is 60.2 Å². The molecule has 36 heavy (non-hydrogen) atoms. The molecule has 0 atom stereocenters. The molecule has 1 saturated heterocycles. The quantitative estimate of drug-likeness (QED) is 0.461. The predicted molar refractivity (Wildman–Crippen MR) is 143 cm³/mol. The third kappa shape index (κ3) is 3.82. The van der Waals surface area contributed by atoms with Crippen LogP contribution in [0.1, 0.15) is 54.0 Å². The number of allylic oxidation sites excluding steroid dienone is 4. The van der Waals surface area contributed by atoms with Crippen molar-refractivity contribution in [2.75, 3.05) is 26.9 Å². The van der Waals surface area contributed by atoms with Crippen LogP contribution in [0.25, 0.3) is 22.0 Å². The highest BCUT2D eigenvalue weighted by molar-refractivity contribution is 7.13. The second-order valence-corrected chi connectivity index (χ2v) is 11.1. The molecule has 2 aliphatic heterocycles. The topological polar surface area (TPSA) is 56.6 Å². The minimum atomic E-state index is -0.373. The Bertz CT molecular complexity index is 1380. The van der Waals surface area contributed by atoms with Gasteiger partial charge in [-0.3, -0.25) is 9.36 Å². The van der Waals surface area contributed by atoms with Crippen molar-refractivity contribution in [1.82, 2.24) is 14.5 Å². The molecule has 1 fully saturated rings. The van der Waals surface area contributed by atoms with Crippen LogP contribution in [0, 0.1) is 0 Å². The number of amides is 1. The van der Waals surface area contributed by atoms with E-state index in [1.165, 1.54) is 11.1 Å². The standard InChI is InChI=1S/C29H31N3O3S/c1-29(2)18-35-14-13-31(29)28(33)26-22-12-11-20-16-24(34-3)21(19-8-5-4-6-9-19)17-23(20)32(22)27(30-26)25-10-7-15-36-25/h5,7-10,15-17H,4,6,11-14,18H2,1-3H3. The summed E-state index contributed by atoms with van der Waals surface area (Å²) in [5.41, 5.74) is 5.73. The summed E-state index contributed by atoms with van der Waals surface area (Å²) in [6, 6.07) is 8.51. The van der Waals surface area contributed by atoms with Gasteiger partial charge in [-0.05, 0) is 74.2 Å². The lowest BCUT2D eigenvalue weighted by molar-refractivity contribution is -0.0373. The zero-order valence-electron chi connectivity index (χ0n) is 21.0. The van der Waals surface area contributed by atoms with Crippen molar-refractivity contribution in [3.63, 3.8) is 0 Å². The van der Waals surface area contributed by atoms with Crippen molar-refractivity contribution in [1.29, 1.82) is 0 Å². The molecule has 3 aliphatic rings. The van der Waals surface area contributed by atoms with Crippen molar-refractivity contribution in [2.45, 2.75) is 45.1 Å². The first kappa shape index (κ1) is 23.3. The number of ether oxygens (including phenoxy) is 2. The fourth-order valence-corrected chi connectivity index (χ4v) is 6.23. The van der Waals surface area contributed by atoms with Crippen molar-refractivity contribution in [2.24, 2.45) is 0 Å². The summed E-state index contributed by atoms with van der Waals surface area (Å²) < 4.78 is 13.7. The van der Waals surface area contributed by atoms with Crippen LogP contribution in [0.3, 0.4) is 0 Å². The average molecular weight is 502 g/mol. The Labute approximate surface area is 215 Å². The van der Waals surface area contributed by atoms with Gasteiger partial charge in [0.2, 0.25) is 0 Å². The third-order valence-corrected chi connectivity index (χ3v) is 8.25. The summed E-state index contributed by atoms with van der Waals surface area (Å²) in [7, 11) is 1.74. The van der Waals surface area contributed by atoms with E-state index in [1.807, 2.05) is 11.0 Å². The number of hydrogen-bond donors (Lipinski definition) is 0. The first-order valence-electron chi connectivity index (χ1n) is 12.6. The lowest BCUT2D eigenvalue weighted by atomic mass is 9.93. The van der Waals surface area contributed by atoms with Gasteiger partial charge in [0.15, 0.2) is 11.5 Å². The van der Waals surface area contributed by atoms with Crippen LogP contribution in [-0.2, 0) is 17.6 Å². The molecule has 0 spiro atoms. The molecule has 0 N–H and O–H groups in total. The van der Waals surface area contributed by atoms with Gasteiger partial charge in [0.25, 0.3) is 5.91 Å². The summed E-state index contributed by atoms with van der Waals surface area (Å²) >= 11 is 1.65. The summed E-state index contributed by atoms with van der Waals surface area (Å²) in [4.78, 5) is 22.0. The van der Waals surface area contributed by atoms with Gasteiger partial charge in [0.1, 0.15) is 5.75 Å². The number of hydrogen-bond acceptors (Lipinski definition) is 5. The van der Waals surface area contributed by atoms with Crippen LogP contribution < -0.4 is 4.74 Å². The number of imidazole rings is 1. The van der Waals surface area contributed by atoms with E-state index >= 15 is 0 Å². The van der Waals surface area contributed by atoms with E-state index in [1.54, 1.807) is 18.4 Å². The fraction of sp³-hybridized carbons (Fsp3) is 0.379. The number of nitrogens with zero attached hydrogens (tertiary/aromatic N) is 3. The second kappa shape index (κ2) is 9.05. The maximum atomic E-state index is 14.0. The molecule has 7 heteroatoms. The van der Waals surface area contributed by atoms with Gasteiger partial charge in [0.05, 0.1) is 42.1 Å². The van der Waals surface area contributed by atoms with Gasteiger partial charge in [-0.2, -0.15) is 0 Å². The number of carbonyl (C=O) groups is 1. The van der Waals surface area contributed by atoms with E-state index in [0.717, 1.165) is 59.1 Å². The minimum Gasteiger partial charge on any atom is -0.496 e. The maximum absolute atomic E-state index is 14.0. The van der Waals surface area contributed by atoms with Crippen LogP contribution in [0.2, 0.25) is 0 Å². The van der Waals surface area contributed by atoms with Crippen molar-refractivity contribution >= 4 is 22.8 Å². The zero-order valence-corrected chi connectivity index (χ0v) is 21.9. The van der Waals surface area contributed by atoms with Crippen LogP contribution in [0.5, 0.6) is 5.75 Å². The maximum Gasteiger partial charge on any atom is 0.274 e. The van der Waals surface area contributed by atoms with Crippen LogP contribution in [-0.4, -0.2) is 52.8 Å². The molecule has 6 nitrogen and oxygen atoms in total. The first-order chi connectivity index (χ1) is 17.5. The Morgan fingerprint density at radius 3 is 2.83 bits per heavy atom. The number of benzene rings is 1. The predicted octanol–water partition coefficient (Wildman–Crippen LogP) is 5.69. The molecular formula is C29H31N3O3S. The normalized spacial score (nSPS) is 18.4. The number of fused-ring (bicyclic) bond motifs is 3. The van der Waals surface area contributed by atoms with Gasteiger partial charge in [-0.15, -0.1) is 11.3 Å². The van der Waals surface area contributed by atoms with Crippen molar-refractivity contribution in [3.05, 3.63) is 70.4 Å². The van der Waals surface area contributed by atoms with Gasteiger partial charge >= 0.3 is 0 Å². The smallest absolute Gasteiger partial charge is 0.274 e. The Morgan fingerprint density at radius 2 is 2.11 bits per heavy atom. The number of morpholine rings is 1. The molecule has 4 heterocycles. The number of thiophene rings is 1. The zero-order chi connectivity index (χ0) is 24.9. The number of rotatable bonds is 4. The monoisotopic (exact) mass is 501 g/mol. The lowest BCUT2D eigenvalue weighted by Gasteiger charge is -2.41. The highest BCUT2D eigenvalue weighted by Gasteiger charge is 2.38. The highest BCUT2D eigenvalue weighted by atomic mass is 32.1. The number of aryl methyl sites for hydroxylation is 1. The van der Waals surface area contributed by atoms with E-state index in [9.17, 15) is 4.79 Å². The van der Waals surface area contributed by atoms with Gasteiger partial charge in [-0.1, -0.05) is 24.3 Å². The fourth-order valence-electron chi connectivity index (χ4n) is 5.53. The molecule has 0 unspecified atom stereocenters. The van der Waals surface area contributed by atoms with Gasteiger partial charge in [0, 0.05) is 12.1 Å². The Hall–Kier alpha value is -3.16. The van der Waals surface area contributed by atoms with E-state index in [0.29, 0.717) is 25.5 Å². The Morgan fingerprint density at radius 1 is 1.22 bits per heavy atom. The van der Waals surface area contributed by atoms with Crippen molar-refractivity contribution in [3.8, 4) is 22.1 Å². The molecular weight excluding hydrogens is 470 g/mol. The highest BCUT2D eigenvalue weighted by Crippen LogP contribution is 2.40. The SMILES string of the molecule is COc1cc2c(cc1C1=CCCC=C1)-n1c(-c3cccs3)nc(C(=O)N3CCOCC3(C)C)c1CC2. The van der Waals surface area contributed by atoms with E-state index < -0.39 is 0 Å². The summed E-state index contributed by atoms with van der Waals surface area (Å²) in [6.07, 6.45) is 10.4. The van der Waals surface area contributed by atoms with Gasteiger partial charge < -0.3 is 14.4 Å². The molecule has 3 aromatic rings. The van der Waals surface area contributed by atoms with Crippen LogP contribution in [0.4, 0.5) is 0 Å². The third-order valence-electron chi connectivity index (χ3n) is 7.39. The van der Waals surface area contributed by atoms with E-state index in [-0.39, 0.29) is 11.4 Å². The van der Waals surface area contributed by atoms with Crippen LogP contribution >= 0.6 is 11.3 Å². The first-order valence-corrected chi connectivity index (χ1v) is 13.5. The number of methoxy groups -OCH3 is 1. The van der Waals surface area contributed by atoms with E-state index in [4.69, 9.17) is 14.5 Å². The van der Waals surface area contributed by atoms with Crippen LogP contribution in [0.15, 0.2) is 47.9 Å². The molecule has 0 saturated carbocycles.